The minimum Gasteiger partial charge on any atom is -0.493 e. The normalized spacial score (nSPS) is 11.3. The van der Waals surface area contributed by atoms with Crippen molar-refractivity contribution in [2.24, 2.45) is 5.10 Å². The fourth-order valence-electron chi connectivity index (χ4n) is 4.16. The molecule has 0 spiro atoms. The van der Waals surface area contributed by atoms with E-state index < -0.39 is 5.91 Å². The second-order valence-electron chi connectivity index (χ2n) is 8.47. The summed E-state index contributed by atoms with van der Waals surface area (Å²) in [5.41, 5.74) is 9.78. The Morgan fingerprint density at radius 3 is 2.26 bits per heavy atom. The van der Waals surface area contributed by atoms with Crippen molar-refractivity contribution in [2.45, 2.75) is 6.54 Å². The summed E-state index contributed by atoms with van der Waals surface area (Å²) in [7, 11) is 4.56. The molecule has 0 atom stereocenters. The van der Waals surface area contributed by atoms with Crippen LogP contribution in [-0.2, 0) is 6.54 Å². The Balaban J connectivity index is 1.59. The van der Waals surface area contributed by atoms with Crippen LogP contribution in [0.15, 0.2) is 65.8 Å². The maximum Gasteiger partial charge on any atom is 0.257 e. The summed E-state index contributed by atoms with van der Waals surface area (Å²) in [4.78, 5) is 22.7. The largest absolute Gasteiger partial charge is 0.493 e. The minimum absolute atomic E-state index is 0.0561. The van der Waals surface area contributed by atoms with Crippen molar-refractivity contribution >= 4 is 40.1 Å². The molecule has 10 nitrogen and oxygen atoms in total. The van der Waals surface area contributed by atoms with Gasteiger partial charge in [-0.25, -0.2) is 14.4 Å². The van der Waals surface area contributed by atoms with Crippen molar-refractivity contribution in [2.75, 3.05) is 27.1 Å². The molecule has 5 rings (SSSR count). The topological polar surface area (TPSA) is 126 Å². The van der Waals surface area contributed by atoms with E-state index in [4.69, 9.17) is 24.9 Å². The third-order valence-corrected chi connectivity index (χ3v) is 6.08. The first-order valence-electron chi connectivity index (χ1n) is 11.9. The molecular weight excluding hydrogens is 503 g/mol. The molecule has 2 heterocycles. The summed E-state index contributed by atoms with van der Waals surface area (Å²) in [6.07, 6.45) is 1.54. The van der Waals surface area contributed by atoms with E-state index in [1.807, 2.05) is 18.2 Å². The van der Waals surface area contributed by atoms with Crippen molar-refractivity contribution in [1.82, 2.24) is 20.0 Å². The third-order valence-electron chi connectivity index (χ3n) is 6.08. The van der Waals surface area contributed by atoms with Crippen LogP contribution < -0.4 is 25.3 Å². The van der Waals surface area contributed by atoms with Crippen molar-refractivity contribution in [3.8, 4) is 17.2 Å². The summed E-state index contributed by atoms with van der Waals surface area (Å²) in [5, 5.41) is 7.36. The lowest BCUT2D eigenvalue weighted by Crippen LogP contribution is -2.23. The van der Waals surface area contributed by atoms with Crippen LogP contribution in [0, 0.1) is 5.82 Å². The van der Waals surface area contributed by atoms with Gasteiger partial charge in [-0.3, -0.25) is 4.79 Å². The molecule has 5 aromatic rings. The van der Waals surface area contributed by atoms with Gasteiger partial charge < -0.3 is 25.3 Å². The number of hydrogen-bond donors (Lipinski definition) is 2. The van der Waals surface area contributed by atoms with E-state index in [0.29, 0.717) is 45.0 Å². The Labute approximate surface area is 222 Å². The third kappa shape index (κ3) is 4.89. The molecule has 2 aromatic heterocycles. The zero-order chi connectivity index (χ0) is 27.5. The predicted molar refractivity (Wildman–Crippen MR) is 146 cm³/mol. The quantitative estimate of drug-likeness (QED) is 0.290. The fourth-order valence-corrected chi connectivity index (χ4v) is 4.16. The smallest absolute Gasteiger partial charge is 0.257 e. The number of nitrogens with zero attached hydrogens (tertiary/aromatic N) is 4. The van der Waals surface area contributed by atoms with E-state index >= 15 is 0 Å². The van der Waals surface area contributed by atoms with Crippen LogP contribution in [-0.4, -0.2) is 48.1 Å². The monoisotopic (exact) mass is 528 g/mol. The minimum atomic E-state index is -0.465. The van der Waals surface area contributed by atoms with Gasteiger partial charge in [0, 0.05) is 12.1 Å². The fraction of sp³-hybridized carbons (Fsp3) is 0.143. The van der Waals surface area contributed by atoms with Gasteiger partial charge in [0.1, 0.15) is 22.7 Å². The molecule has 3 N–H and O–H groups in total. The van der Waals surface area contributed by atoms with Crippen molar-refractivity contribution in [3.63, 3.8) is 0 Å². The number of amides is 1. The Kier molecular flexibility index (Phi) is 6.96. The number of nitrogens with two attached hydrogens (primary N) is 1. The molecule has 1 amide bonds. The van der Waals surface area contributed by atoms with Gasteiger partial charge in [-0.2, -0.15) is 9.78 Å². The molecule has 0 unspecified atom stereocenters. The number of carbonyl (C=O) groups is 1. The molecule has 0 aliphatic carbocycles. The lowest BCUT2D eigenvalue weighted by Gasteiger charge is -2.12. The highest BCUT2D eigenvalue weighted by Crippen LogP contribution is 2.38. The maximum absolute atomic E-state index is 13.3. The highest BCUT2D eigenvalue weighted by atomic mass is 19.1. The first-order valence-corrected chi connectivity index (χ1v) is 11.9. The number of benzene rings is 3. The Morgan fingerprint density at radius 1 is 1.00 bits per heavy atom. The van der Waals surface area contributed by atoms with Gasteiger partial charge in [0.05, 0.1) is 38.6 Å². The molecule has 11 heteroatoms. The van der Waals surface area contributed by atoms with E-state index in [1.165, 1.54) is 44.4 Å². The van der Waals surface area contributed by atoms with Crippen LogP contribution in [0.4, 0.5) is 10.2 Å². The molecule has 0 radical (unpaired) electrons. The van der Waals surface area contributed by atoms with Gasteiger partial charge in [0.2, 0.25) is 5.75 Å². The van der Waals surface area contributed by atoms with Crippen molar-refractivity contribution < 1.29 is 23.4 Å². The van der Waals surface area contributed by atoms with Crippen LogP contribution in [0.5, 0.6) is 17.2 Å². The van der Waals surface area contributed by atoms with Crippen molar-refractivity contribution in [1.29, 1.82) is 0 Å². The molecule has 3 aromatic carbocycles. The SMILES string of the molecule is COc1cc(/C=N\n2c(N)c(C(=O)NCc3ccc(F)cc3)c3nc4ccccc4nc32)cc(OC)c1OC. The molecule has 0 saturated carbocycles. The van der Waals surface area contributed by atoms with Crippen LogP contribution in [0.1, 0.15) is 21.5 Å². The predicted octanol–water partition coefficient (Wildman–Crippen LogP) is 4.14. The highest BCUT2D eigenvalue weighted by Gasteiger charge is 2.24. The average molecular weight is 529 g/mol. The number of methoxy groups -OCH3 is 3. The Hall–Kier alpha value is -5.19. The van der Waals surface area contributed by atoms with Gasteiger partial charge in [-0.05, 0) is 42.0 Å². The number of halogens is 1. The lowest BCUT2D eigenvalue weighted by molar-refractivity contribution is 0.0953. The lowest BCUT2D eigenvalue weighted by atomic mass is 10.2. The van der Waals surface area contributed by atoms with Crippen LogP contribution in [0.25, 0.3) is 22.2 Å². The number of anilines is 1. The number of nitrogens with one attached hydrogen (secondary N) is 1. The molecule has 0 aliphatic rings. The van der Waals surface area contributed by atoms with Gasteiger partial charge in [-0.1, -0.05) is 24.3 Å². The number of rotatable bonds is 8. The zero-order valence-electron chi connectivity index (χ0n) is 21.4. The van der Waals surface area contributed by atoms with E-state index in [0.717, 1.165) is 5.56 Å². The van der Waals surface area contributed by atoms with Gasteiger partial charge in [0.25, 0.3) is 5.91 Å². The van der Waals surface area contributed by atoms with Gasteiger partial charge in [-0.15, -0.1) is 0 Å². The molecule has 0 bridgehead atoms. The first-order chi connectivity index (χ1) is 18.9. The molecular formula is C28H25FN6O4. The number of aromatic nitrogens is 3. The number of para-hydroxylation sites is 2. The highest BCUT2D eigenvalue weighted by molar-refractivity contribution is 6.10. The number of nitrogen functional groups attached to an aromatic ring is 1. The molecule has 198 valence electrons. The zero-order valence-corrected chi connectivity index (χ0v) is 21.4. The number of carbonyl (C=O) groups excluding carboxylic acids is 1. The first kappa shape index (κ1) is 25.5. The molecule has 39 heavy (non-hydrogen) atoms. The summed E-state index contributed by atoms with van der Waals surface area (Å²) in [5.74, 6) is 0.587. The Morgan fingerprint density at radius 2 is 1.64 bits per heavy atom. The Bertz CT molecular complexity index is 1690. The van der Waals surface area contributed by atoms with E-state index in [1.54, 1.807) is 30.3 Å². The average Bonchev–Trinajstić information content (AvgIpc) is 3.23. The van der Waals surface area contributed by atoms with Crippen LogP contribution in [0.3, 0.4) is 0 Å². The van der Waals surface area contributed by atoms with Gasteiger partial charge >= 0.3 is 0 Å². The van der Waals surface area contributed by atoms with E-state index in [2.05, 4.69) is 15.4 Å². The molecule has 0 aliphatic heterocycles. The van der Waals surface area contributed by atoms with E-state index in [-0.39, 0.29) is 23.7 Å². The van der Waals surface area contributed by atoms with Gasteiger partial charge in [0.15, 0.2) is 17.1 Å². The molecule has 0 saturated heterocycles. The van der Waals surface area contributed by atoms with E-state index in [9.17, 15) is 9.18 Å². The van der Waals surface area contributed by atoms with Crippen molar-refractivity contribution in [3.05, 3.63) is 83.2 Å². The summed E-state index contributed by atoms with van der Waals surface area (Å²) in [6, 6.07) is 16.6. The summed E-state index contributed by atoms with van der Waals surface area (Å²) >= 11 is 0. The second-order valence-corrected chi connectivity index (χ2v) is 8.47. The second kappa shape index (κ2) is 10.7. The molecule has 0 fully saturated rings. The number of ether oxygens (including phenoxy) is 3. The van der Waals surface area contributed by atoms with Crippen LogP contribution >= 0.6 is 0 Å². The van der Waals surface area contributed by atoms with Crippen LogP contribution in [0.2, 0.25) is 0 Å². The summed E-state index contributed by atoms with van der Waals surface area (Å²) < 4.78 is 30.9. The number of fused-ring (bicyclic) bond motifs is 2. The maximum atomic E-state index is 13.3. The summed E-state index contributed by atoms with van der Waals surface area (Å²) in [6.45, 7) is 0.168. The standard InChI is InChI=1S/C28H25FN6O4/c1-37-21-12-17(13-22(38-2)25(21)39-3)15-32-35-26(30)23(28(36)31-14-16-8-10-18(29)11-9-16)24-27(35)34-20-7-5-4-6-19(20)33-24/h4-13,15H,14,30H2,1-3H3,(H,31,36)/b32-15-. The number of hydrogen-bond acceptors (Lipinski definition) is 8.